The maximum atomic E-state index is 10.4. The van der Waals surface area contributed by atoms with Crippen LogP contribution in [0.2, 0.25) is 10.0 Å². The van der Waals surface area contributed by atoms with Gasteiger partial charge in [-0.25, -0.2) is 0 Å². The van der Waals surface area contributed by atoms with Crippen molar-refractivity contribution in [1.82, 2.24) is 20.2 Å². The van der Waals surface area contributed by atoms with Crippen LogP contribution >= 0.6 is 23.2 Å². The highest BCUT2D eigenvalue weighted by molar-refractivity contribution is 6.31. The van der Waals surface area contributed by atoms with Crippen LogP contribution in [0.25, 0.3) is 44.7 Å². The molecule has 0 spiro atoms. The van der Waals surface area contributed by atoms with Crippen LogP contribution in [0.4, 0.5) is 0 Å². The summed E-state index contributed by atoms with van der Waals surface area (Å²) >= 11 is 12.8. The number of rotatable bonds is 6. The van der Waals surface area contributed by atoms with Gasteiger partial charge in [0.15, 0.2) is 0 Å². The molecule has 0 radical (unpaired) electrons. The fourth-order valence-corrected chi connectivity index (χ4v) is 5.66. The van der Waals surface area contributed by atoms with Crippen LogP contribution < -0.4 is 4.74 Å². The summed E-state index contributed by atoms with van der Waals surface area (Å²) in [5.41, 5.74) is 6.42. The quantitative estimate of drug-likeness (QED) is 0.183. The SMILES string of the molecule is COc1ccc(-c2nnc(-c3ccc(C(c4c[nH]c5ccc(Cl)cc45)c4c[nH]c5ccc(Cl)cc45)cc3)o2)c(O)c1. The molecule has 0 bridgehead atoms. The van der Waals surface area contributed by atoms with Crippen molar-refractivity contribution in [2.75, 3.05) is 7.11 Å². The molecule has 0 amide bonds. The molecule has 7 aromatic rings. The third-order valence-electron chi connectivity index (χ3n) is 7.32. The van der Waals surface area contributed by atoms with E-state index in [2.05, 4.69) is 32.3 Å². The predicted molar refractivity (Wildman–Crippen MR) is 161 cm³/mol. The first-order valence-electron chi connectivity index (χ1n) is 12.8. The van der Waals surface area contributed by atoms with E-state index in [9.17, 15) is 5.11 Å². The number of aromatic nitrogens is 4. The maximum absolute atomic E-state index is 10.4. The highest BCUT2D eigenvalue weighted by atomic mass is 35.5. The van der Waals surface area contributed by atoms with Gasteiger partial charge in [0.05, 0.1) is 12.7 Å². The van der Waals surface area contributed by atoms with Gasteiger partial charge < -0.3 is 24.2 Å². The van der Waals surface area contributed by atoms with Crippen LogP contribution in [-0.2, 0) is 0 Å². The van der Waals surface area contributed by atoms with Gasteiger partial charge in [-0.1, -0.05) is 35.3 Å². The summed E-state index contributed by atoms with van der Waals surface area (Å²) in [7, 11) is 1.54. The molecule has 202 valence electrons. The summed E-state index contributed by atoms with van der Waals surface area (Å²) < 4.78 is 11.1. The Morgan fingerprint density at radius 1 is 0.756 bits per heavy atom. The molecule has 0 atom stereocenters. The predicted octanol–water partition coefficient (Wildman–Crippen LogP) is 8.57. The Labute approximate surface area is 244 Å². The number of nitrogens with one attached hydrogen (secondary N) is 2. The van der Waals surface area contributed by atoms with Gasteiger partial charge in [0.25, 0.3) is 5.89 Å². The minimum atomic E-state index is -0.127. The fraction of sp³-hybridized carbons (Fsp3) is 0.0625. The third-order valence-corrected chi connectivity index (χ3v) is 7.80. The van der Waals surface area contributed by atoms with Crippen LogP contribution in [0.5, 0.6) is 11.5 Å². The fourth-order valence-electron chi connectivity index (χ4n) is 5.32. The Kier molecular flexibility index (Phi) is 6.18. The molecular weight excluding hydrogens is 559 g/mol. The molecule has 0 aliphatic carbocycles. The molecule has 4 aromatic carbocycles. The van der Waals surface area contributed by atoms with Crippen LogP contribution in [0.1, 0.15) is 22.6 Å². The average Bonchev–Trinajstić information content (AvgIpc) is 3.73. The summed E-state index contributed by atoms with van der Waals surface area (Å²) in [4.78, 5) is 6.80. The van der Waals surface area contributed by atoms with E-state index < -0.39 is 0 Å². The molecule has 7 nitrogen and oxygen atoms in total. The van der Waals surface area contributed by atoms with Gasteiger partial charge in [0.1, 0.15) is 11.5 Å². The third kappa shape index (κ3) is 4.49. The number of H-pyrrole nitrogens is 2. The number of aromatic hydroxyl groups is 1. The molecular formula is C32H22Cl2N4O3. The van der Waals surface area contributed by atoms with Gasteiger partial charge in [-0.2, -0.15) is 0 Å². The summed E-state index contributed by atoms with van der Waals surface area (Å²) in [5.74, 6) is 0.962. The first-order valence-corrected chi connectivity index (χ1v) is 13.6. The molecule has 7 rings (SSSR count). The second-order valence-electron chi connectivity index (χ2n) is 9.72. The number of ether oxygens (including phenoxy) is 1. The van der Waals surface area contributed by atoms with E-state index in [-0.39, 0.29) is 17.6 Å². The number of phenolic OH excluding ortho intramolecular Hbond substituents is 1. The normalized spacial score (nSPS) is 11.6. The molecule has 0 saturated carbocycles. The van der Waals surface area contributed by atoms with Crippen molar-refractivity contribution in [3.63, 3.8) is 0 Å². The van der Waals surface area contributed by atoms with Crippen molar-refractivity contribution in [2.24, 2.45) is 0 Å². The second kappa shape index (κ2) is 10.0. The topological polar surface area (TPSA) is 100.0 Å². The van der Waals surface area contributed by atoms with Gasteiger partial charge in [0.2, 0.25) is 5.89 Å². The first kappa shape index (κ1) is 25.3. The second-order valence-corrected chi connectivity index (χ2v) is 10.6. The van der Waals surface area contributed by atoms with E-state index in [1.807, 2.05) is 60.9 Å². The number of methoxy groups -OCH3 is 1. The Balaban J connectivity index is 1.31. The van der Waals surface area contributed by atoms with Crippen LogP contribution in [0.3, 0.4) is 0 Å². The van der Waals surface area contributed by atoms with Crippen LogP contribution in [0, 0.1) is 0 Å². The smallest absolute Gasteiger partial charge is 0.251 e. The van der Waals surface area contributed by atoms with E-state index in [1.54, 1.807) is 12.1 Å². The van der Waals surface area contributed by atoms with E-state index in [0.717, 1.165) is 44.1 Å². The maximum Gasteiger partial charge on any atom is 0.251 e. The number of halogens is 2. The number of nitrogens with zero attached hydrogens (tertiary/aromatic N) is 2. The van der Waals surface area contributed by atoms with Gasteiger partial charge in [0, 0.05) is 61.8 Å². The number of aromatic amines is 2. The highest BCUT2D eigenvalue weighted by Gasteiger charge is 2.24. The molecule has 41 heavy (non-hydrogen) atoms. The monoisotopic (exact) mass is 580 g/mol. The standard InChI is InChI=1S/C32H22Cl2N4O3/c1-40-21-8-9-22(29(39)14-21)32-38-37-31(41-32)18-4-2-17(3-5-18)30(25-15-35-27-10-6-19(33)12-23(25)27)26-16-36-28-11-7-20(34)13-24(26)28/h2-16,30,35-36,39H,1H3. The Bertz CT molecular complexity index is 1960. The molecule has 3 heterocycles. The van der Waals surface area contributed by atoms with Crippen molar-refractivity contribution < 1.29 is 14.3 Å². The molecule has 0 aliphatic rings. The minimum Gasteiger partial charge on any atom is -0.507 e. The molecule has 0 saturated heterocycles. The summed E-state index contributed by atoms with van der Waals surface area (Å²) in [6, 6.07) is 24.6. The van der Waals surface area contributed by atoms with Gasteiger partial charge >= 0.3 is 0 Å². The summed E-state index contributed by atoms with van der Waals surface area (Å²) in [6.07, 6.45) is 4.07. The highest BCUT2D eigenvalue weighted by Crippen LogP contribution is 2.41. The largest absolute Gasteiger partial charge is 0.507 e. The molecule has 3 N–H and O–H groups in total. The zero-order chi connectivity index (χ0) is 28.1. The van der Waals surface area contributed by atoms with Crippen LogP contribution in [-0.4, -0.2) is 32.4 Å². The first-order chi connectivity index (χ1) is 20.0. The summed E-state index contributed by atoms with van der Waals surface area (Å²) in [5, 5.41) is 22.2. The van der Waals surface area contributed by atoms with Gasteiger partial charge in [-0.05, 0) is 77.4 Å². The van der Waals surface area contributed by atoms with Crippen molar-refractivity contribution in [3.05, 3.63) is 118 Å². The Morgan fingerprint density at radius 2 is 1.37 bits per heavy atom. The number of hydrogen-bond donors (Lipinski definition) is 3. The average molecular weight is 581 g/mol. The van der Waals surface area contributed by atoms with Crippen molar-refractivity contribution in [2.45, 2.75) is 5.92 Å². The minimum absolute atomic E-state index is 0.00425. The lowest BCUT2D eigenvalue weighted by Gasteiger charge is -2.18. The van der Waals surface area contributed by atoms with Crippen molar-refractivity contribution in [3.8, 4) is 34.4 Å². The molecule has 0 unspecified atom stereocenters. The van der Waals surface area contributed by atoms with E-state index in [4.69, 9.17) is 32.4 Å². The number of benzene rings is 4. The lowest BCUT2D eigenvalue weighted by atomic mass is 9.84. The number of hydrogen-bond acceptors (Lipinski definition) is 5. The molecule has 0 fully saturated rings. The molecule has 9 heteroatoms. The van der Waals surface area contributed by atoms with E-state index in [0.29, 0.717) is 27.2 Å². The Morgan fingerprint density at radius 3 is 1.95 bits per heavy atom. The number of fused-ring (bicyclic) bond motifs is 2. The van der Waals surface area contributed by atoms with Gasteiger partial charge in [-0.15, -0.1) is 10.2 Å². The molecule has 3 aromatic heterocycles. The molecule has 0 aliphatic heterocycles. The number of phenols is 1. The zero-order valence-electron chi connectivity index (χ0n) is 21.7. The van der Waals surface area contributed by atoms with Crippen molar-refractivity contribution >= 4 is 45.0 Å². The Hall–Kier alpha value is -4.72. The zero-order valence-corrected chi connectivity index (χ0v) is 23.2. The van der Waals surface area contributed by atoms with E-state index >= 15 is 0 Å². The van der Waals surface area contributed by atoms with Crippen molar-refractivity contribution in [1.29, 1.82) is 0 Å². The summed E-state index contributed by atoms with van der Waals surface area (Å²) in [6.45, 7) is 0. The van der Waals surface area contributed by atoms with Crippen LogP contribution in [0.15, 0.2) is 95.7 Å². The van der Waals surface area contributed by atoms with Gasteiger partial charge in [-0.3, -0.25) is 0 Å². The lowest BCUT2D eigenvalue weighted by Crippen LogP contribution is -2.02. The lowest BCUT2D eigenvalue weighted by molar-refractivity contribution is 0.407. The van der Waals surface area contributed by atoms with E-state index in [1.165, 1.54) is 13.2 Å².